The summed E-state index contributed by atoms with van der Waals surface area (Å²) in [7, 11) is 1.66. The van der Waals surface area contributed by atoms with Crippen molar-refractivity contribution in [3.05, 3.63) is 93.9 Å². The molecule has 1 saturated heterocycles. The first kappa shape index (κ1) is 22.9. The second kappa shape index (κ2) is 10.1. The van der Waals surface area contributed by atoms with Crippen LogP contribution in [0.1, 0.15) is 36.1 Å². The maximum Gasteiger partial charge on any atom is 0.271 e. The number of hydrogen-bond acceptors (Lipinski definition) is 4. The number of amides is 1. The van der Waals surface area contributed by atoms with E-state index in [9.17, 15) is 4.79 Å². The van der Waals surface area contributed by atoms with Gasteiger partial charge in [-0.3, -0.25) is 9.69 Å². The van der Waals surface area contributed by atoms with Crippen molar-refractivity contribution in [1.29, 1.82) is 0 Å². The number of aryl methyl sites for hydroxylation is 3. The van der Waals surface area contributed by atoms with Crippen LogP contribution in [-0.2, 0) is 17.6 Å². The largest absolute Gasteiger partial charge is 0.496 e. The third-order valence-electron chi connectivity index (χ3n) is 5.70. The summed E-state index contributed by atoms with van der Waals surface area (Å²) < 4.78 is 5.36. The smallest absolute Gasteiger partial charge is 0.271 e. The molecule has 0 atom stereocenters. The molecule has 4 rings (SSSR count). The summed E-state index contributed by atoms with van der Waals surface area (Å²) >= 11 is 1.40. The van der Waals surface area contributed by atoms with Gasteiger partial charge in [-0.15, -0.1) is 0 Å². The second-order valence-electron chi connectivity index (χ2n) is 7.91. The van der Waals surface area contributed by atoms with Crippen LogP contribution in [0.4, 0.5) is 11.4 Å². The molecule has 168 valence electrons. The zero-order chi connectivity index (χ0) is 23.4. The average Bonchev–Trinajstić information content (AvgIpc) is 3.14. The molecule has 1 amide bonds. The molecule has 0 aromatic heterocycles. The van der Waals surface area contributed by atoms with Crippen molar-refractivity contribution in [3.8, 4) is 5.75 Å². The van der Waals surface area contributed by atoms with Gasteiger partial charge in [0.05, 0.1) is 23.4 Å². The summed E-state index contributed by atoms with van der Waals surface area (Å²) in [6, 6.07) is 22.2. The monoisotopic (exact) mass is 456 g/mol. The Morgan fingerprint density at radius 3 is 2.15 bits per heavy atom. The van der Waals surface area contributed by atoms with E-state index >= 15 is 0 Å². The van der Waals surface area contributed by atoms with Gasteiger partial charge >= 0.3 is 0 Å². The van der Waals surface area contributed by atoms with Crippen LogP contribution in [0.2, 0.25) is 0 Å². The number of carbonyl (C=O) groups is 1. The molecule has 0 unspecified atom stereocenters. The van der Waals surface area contributed by atoms with Gasteiger partial charge in [-0.25, -0.2) is 4.99 Å². The van der Waals surface area contributed by atoms with Crippen LogP contribution >= 0.6 is 11.8 Å². The Bertz CT molecular complexity index is 1210. The molecule has 0 aliphatic carbocycles. The Morgan fingerprint density at radius 1 is 0.939 bits per heavy atom. The van der Waals surface area contributed by atoms with Gasteiger partial charge in [0.15, 0.2) is 5.17 Å². The van der Waals surface area contributed by atoms with Crippen molar-refractivity contribution in [1.82, 2.24) is 0 Å². The number of carbonyl (C=O) groups excluding carboxylic acids is 1. The van der Waals surface area contributed by atoms with E-state index in [1.165, 1.54) is 22.9 Å². The molecule has 0 saturated carbocycles. The molecule has 4 nitrogen and oxygen atoms in total. The van der Waals surface area contributed by atoms with Gasteiger partial charge in [0.25, 0.3) is 5.91 Å². The van der Waals surface area contributed by atoms with Crippen molar-refractivity contribution >= 4 is 40.3 Å². The first-order chi connectivity index (χ1) is 16.0. The van der Waals surface area contributed by atoms with Crippen LogP contribution in [0.5, 0.6) is 5.75 Å². The Morgan fingerprint density at radius 2 is 1.58 bits per heavy atom. The molecule has 0 bridgehead atoms. The van der Waals surface area contributed by atoms with Gasteiger partial charge in [-0.05, 0) is 96.3 Å². The third kappa shape index (κ3) is 5.04. The standard InChI is InChI=1S/C28H28N2O2S/c1-5-20-7-12-23(13-8-20)29-28-30(24-14-9-21(6-2)10-15-24)27(31)26(33-28)18-22-11-16-25(32-4)19(3)17-22/h7-18H,5-6H2,1-4H3/b26-18+,29-28?. The number of ether oxygens (including phenoxy) is 1. The lowest BCUT2D eigenvalue weighted by Crippen LogP contribution is -2.28. The van der Waals surface area contributed by atoms with Crippen molar-refractivity contribution in [2.75, 3.05) is 12.0 Å². The maximum atomic E-state index is 13.5. The molecular weight excluding hydrogens is 428 g/mol. The van der Waals surface area contributed by atoms with Gasteiger partial charge in [-0.1, -0.05) is 44.2 Å². The molecule has 0 N–H and O–H groups in total. The molecular formula is C28H28N2O2S. The number of thioether (sulfide) groups is 1. The predicted octanol–water partition coefficient (Wildman–Crippen LogP) is 6.94. The molecule has 1 aliphatic heterocycles. The second-order valence-corrected chi connectivity index (χ2v) is 8.92. The SMILES string of the molecule is CCc1ccc(N=C2S/C(=C/c3ccc(OC)c(C)c3)C(=O)N2c2ccc(CC)cc2)cc1. The van der Waals surface area contributed by atoms with Crippen LogP contribution in [0, 0.1) is 6.92 Å². The van der Waals surface area contributed by atoms with E-state index in [2.05, 4.69) is 38.1 Å². The molecule has 0 spiro atoms. The molecule has 0 radical (unpaired) electrons. The van der Waals surface area contributed by atoms with Gasteiger partial charge in [-0.2, -0.15) is 0 Å². The van der Waals surface area contributed by atoms with Crippen molar-refractivity contribution in [2.45, 2.75) is 33.6 Å². The van der Waals surface area contributed by atoms with Gasteiger partial charge in [0.1, 0.15) is 5.75 Å². The first-order valence-electron chi connectivity index (χ1n) is 11.2. The topological polar surface area (TPSA) is 41.9 Å². The fourth-order valence-corrected chi connectivity index (χ4v) is 4.72. The number of rotatable bonds is 6. The number of aliphatic imine (C=N–C) groups is 1. The minimum absolute atomic E-state index is 0.0679. The Kier molecular flexibility index (Phi) is 6.99. The number of anilines is 1. The van der Waals surface area contributed by atoms with E-state index < -0.39 is 0 Å². The first-order valence-corrected chi connectivity index (χ1v) is 12.0. The molecule has 1 fully saturated rings. The minimum Gasteiger partial charge on any atom is -0.496 e. The highest BCUT2D eigenvalue weighted by molar-refractivity contribution is 8.19. The maximum absolute atomic E-state index is 13.5. The summed E-state index contributed by atoms with van der Waals surface area (Å²) in [6.07, 6.45) is 3.86. The number of hydrogen-bond donors (Lipinski definition) is 0. The summed E-state index contributed by atoms with van der Waals surface area (Å²) in [5, 5.41) is 0.657. The number of benzene rings is 3. The lowest BCUT2D eigenvalue weighted by molar-refractivity contribution is -0.113. The van der Waals surface area contributed by atoms with E-state index in [4.69, 9.17) is 9.73 Å². The van der Waals surface area contributed by atoms with Gasteiger partial charge < -0.3 is 4.74 Å². The highest BCUT2D eigenvalue weighted by atomic mass is 32.2. The van der Waals surface area contributed by atoms with E-state index in [1.807, 2.05) is 55.5 Å². The van der Waals surface area contributed by atoms with Crippen molar-refractivity contribution in [2.24, 2.45) is 4.99 Å². The van der Waals surface area contributed by atoms with Crippen LogP contribution in [0.3, 0.4) is 0 Å². The normalized spacial score (nSPS) is 16.1. The lowest BCUT2D eigenvalue weighted by atomic mass is 10.1. The fraction of sp³-hybridized carbons (Fsp3) is 0.214. The molecule has 1 heterocycles. The quantitative estimate of drug-likeness (QED) is 0.377. The molecule has 5 heteroatoms. The van der Waals surface area contributed by atoms with Crippen molar-refractivity contribution in [3.63, 3.8) is 0 Å². The van der Waals surface area contributed by atoms with E-state index in [-0.39, 0.29) is 5.91 Å². The summed E-state index contributed by atoms with van der Waals surface area (Å²) in [4.78, 5) is 20.7. The third-order valence-corrected chi connectivity index (χ3v) is 6.66. The van der Waals surface area contributed by atoms with E-state index in [1.54, 1.807) is 12.0 Å². The zero-order valence-corrected chi connectivity index (χ0v) is 20.3. The Labute approximate surface area is 200 Å². The minimum atomic E-state index is -0.0679. The van der Waals surface area contributed by atoms with E-state index in [0.717, 1.165) is 41.1 Å². The number of amidine groups is 1. The van der Waals surface area contributed by atoms with Gasteiger partial charge in [0, 0.05) is 0 Å². The Hall–Kier alpha value is -3.31. The summed E-state index contributed by atoms with van der Waals surface area (Å²) in [5.41, 5.74) is 6.13. The lowest BCUT2D eigenvalue weighted by Gasteiger charge is -2.16. The Balaban J connectivity index is 1.74. The highest BCUT2D eigenvalue weighted by Crippen LogP contribution is 2.37. The molecule has 1 aliphatic rings. The molecule has 33 heavy (non-hydrogen) atoms. The average molecular weight is 457 g/mol. The van der Waals surface area contributed by atoms with E-state index in [0.29, 0.717) is 10.1 Å². The van der Waals surface area contributed by atoms with Crippen LogP contribution in [0.25, 0.3) is 6.08 Å². The van der Waals surface area contributed by atoms with Crippen LogP contribution < -0.4 is 9.64 Å². The number of methoxy groups -OCH3 is 1. The fourth-order valence-electron chi connectivity index (χ4n) is 3.72. The highest BCUT2D eigenvalue weighted by Gasteiger charge is 2.34. The summed E-state index contributed by atoms with van der Waals surface area (Å²) in [5.74, 6) is 0.764. The number of nitrogens with zero attached hydrogens (tertiary/aromatic N) is 2. The van der Waals surface area contributed by atoms with Crippen molar-refractivity contribution < 1.29 is 9.53 Å². The van der Waals surface area contributed by atoms with Crippen LogP contribution in [-0.4, -0.2) is 18.2 Å². The predicted molar refractivity (Wildman–Crippen MR) is 140 cm³/mol. The summed E-state index contributed by atoms with van der Waals surface area (Å²) in [6.45, 7) is 6.25. The van der Waals surface area contributed by atoms with Crippen LogP contribution in [0.15, 0.2) is 76.6 Å². The molecule has 3 aromatic carbocycles. The molecule has 3 aromatic rings. The zero-order valence-electron chi connectivity index (χ0n) is 19.5. The van der Waals surface area contributed by atoms with Gasteiger partial charge in [0.2, 0.25) is 0 Å².